The first kappa shape index (κ1) is 11.2. The van der Waals surface area contributed by atoms with E-state index in [-0.39, 0.29) is 0 Å². The Labute approximate surface area is 73.0 Å². The van der Waals surface area contributed by atoms with Crippen molar-refractivity contribution < 1.29 is 4.21 Å². The topological polar surface area (TPSA) is 17.1 Å². The Kier molecular flexibility index (Phi) is 5.83. The first-order chi connectivity index (χ1) is 5.18. The van der Waals surface area contributed by atoms with Gasteiger partial charge in [0.2, 0.25) is 0 Å². The van der Waals surface area contributed by atoms with E-state index in [4.69, 9.17) is 0 Å². The minimum atomic E-state index is -0.500. The minimum Gasteiger partial charge on any atom is -0.260 e. The molecule has 0 bridgehead atoms. The molecule has 1 aliphatic heterocycles. The molecule has 0 aliphatic carbocycles. The molecule has 11 heavy (non-hydrogen) atoms. The largest absolute Gasteiger partial charge is 0.260 e. The molecule has 0 N–H and O–H groups in total. The molecule has 0 amide bonds. The molecule has 0 saturated carbocycles. The van der Waals surface area contributed by atoms with Gasteiger partial charge in [0.25, 0.3) is 0 Å². The molecule has 1 nitrogen and oxygen atoms in total. The van der Waals surface area contributed by atoms with Crippen molar-refractivity contribution in [3.05, 3.63) is 0 Å². The van der Waals surface area contributed by atoms with Gasteiger partial charge in [-0.3, -0.25) is 4.21 Å². The first-order valence-corrected chi connectivity index (χ1v) is 6.02. The van der Waals surface area contributed by atoms with Crippen LogP contribution in [0.15, 0.2) is 0 Å². The Hall–Kier alpha value is 0.150. The van der Waals surface area contributed by atoms with Crippen molar-refractivity contribution in [3.63, 3.8) is 0 Å². The molecule has 2 heteroatoms. The fraction of sp³-hybridized carbons (Fsp3) is 1.00. The molecular weight excluding hydrogens is 156 g/mol. The average molecular weight is 176 g/mol. The van der Waals surface area contributed by atoms with E-state index < -0.39 is 10.8 Å². The molecule has 1 saturated heterocycles. The van der Waals surface area contributed by atoms with Crippen molar-refractivity contribution in [2.24, 2.45) is 11.8 Å². The lowest BCUT2D eigenvalue weighted by Crippen LogP contribution is -2.24. The van der Waals surface area contributed by atoms with Gasteiger partial charge >= 0.3 is 0 Å². The minimum absolute atomic E-state index is 0.500. The van der Waals surface area contributed by atoms with E-state index in [2.05, 4.69) is 13.8 Å². The highest BCUT2D eigenvalue weighted by Gasteiger charge is 2.19. The monoisotopic (exact) mass is 176 g/mol. The van der Waals surface area contributed by atoms with Crippen LogP contribution in [0.25, 0.3) is 0 Å². The SMILES string of the molecule is CC.CC1CC(C)CS(=O)C1. The molecule has 2 atom stereocenters. The second kappa shape index (κ2) is 5.76. The van der Waals surface area contributed by atoms with Gasteiger partial charge in [0.05, 0.1) is 0 Å². The lowest BCUT2D eigenvalue weighted by atomic mass is 10.0. The smallest absolute Gasteiger partial charge is 0.0260 e. The zero-order chi connectivity index (χ0) is 8.85. The summed E-state index contributed by atoms with van der Waals surface area (Å²) in [5.74, 6) is 3.25. The van der Waals surface area contributed by atoms with Crippen LogP contribution in [0.1, 0.15) is 34.1 Å². The van der Waals surface area contributed by atoms with Gasteiger partial charge in [-0.25, -0.2) is 0 Å². The van der Waals surface area contributed by atoms with Crippen molar-refractivity contribution in [1.82, 2.24) is 0 Å². The molecule has 1 aliphatic rings. The summed E-state index contributed by atoms with van der Waals surface area (Å²) < 4.78 is 11.0. The quantitative estimate of drug-likeness (QED) is 0.554. The molecule has 0 aromatic heterocycles. The molecule has 68 valence electrons. The second-order valence-electron chi connectivity index (χ2n) is 3.22. The predicted molar refractivity (Wildman–Crippen MR) is 52.2 cm³/mol. The third-order valence-corrected chi connectivity index (χ3v) is 3.63. The zero-order valence-electron chi connectivity index (χ0n) is 8.09. The Balaban J connectivity index is 0.000000461. The van der Waals surface area contributed by atoms with Gasteiger partial charge in [-0.2, -0.15) is 0 Å². The highest BCUT2D eigenvalue weighted by molar-refractivity contribution is 7.85. The molecule has 2 unspecified atom stereocenters. The van der Waals surface area contributed by atoms with Crippen LogP contribution in [0.4, 0.5) is 0 Å². The van der Waals surface area contributed by atoms with Crippen LogP contribution in [-0.2, 0) is 10.8 Å². The van der Waals surface area contributed by atoms with E-state index in [1.54, 1.807) is 0 Å². The van der Waals surface area contributed by atoms with E-state index in [0.29, 0.717) is 11.8 Å². The van der Waals surface area contributed by atoms with Gasteiger partial charge < -0.3 is 0 Å². The lowest BCUT2D eigenvalue weighted by molar-refractivity contribution is 0.453. The van der Waals surface area contributed by atoms with Gasteiger partial charge in [0.1, 0.15) is 0 Å². The summed E-state index contributed by atoms with van der Waals surface area (Å²) in [6.07, 6.45) is 1.27. The van der Waals surface area contributed by atoms with Crippen LogP contribution in [0, 0.1) is 11.8 Å². The lowest BCUT2D eigenvalue weighted by Gasteiger charge is -2.22. The van der Waals surface area contributed by atoms with Gasteiger partial charge in [-0.05, 0) is 18.3 Å². The summed E-state index contributed by atoms with van der Waals surface area (Å²) in [6.45, 7) is 8.38. The van der Waals surface area contributed by atoms with E-state index >= 15 is 0 Å². The summed E-state index contributed by atoms with van der Waals surface area (Å²) in [7, 11) is -0.500. The Morgan fingerprint density at radius 3 is 1.73 bits per heavy atom. The van der Waals surface area contributed by atoms with Crippen LogP contribution in [-0.4, -0.2) is 15.7 Å². The van der Waals surface area contributed by atoms with Crippen LogP contribution < -0.4 is 0 Å². The highest BCUT2D eigenvalue weighted by Crippen LogP contribution is 2.19. The van der Waals surface area contributed by atoms with E-state index in [0.717, 1.165) is 11.5 Å². The molecule has 0 radical (unpaired) electrons. The van der Waals surface area contributed by atoms with Crippen molar-refractivity contribution in [3.8, 4) is 0 Å². The van der Waals surface area contributed by atoms with Crippen LogP contribution in [0.3, 0.4) is 0 Å². The summed E-state index contributed by atoms with van der Waals surface area (Å²) in [4.78, 5) is 0. The molecule has 0 aromatic carbocycles. The fourth-order valence-corrected chi connectivity index (χ4v) is 3.20. The van der Waals surface area contributed by atoms with Crippen LogP contribution in [0.5, 0.6) is 0 Å². The van der Waals surface area contributed by atoms with Crippen LogP contribution in [0.2, 0.25) is 0 Å². The number of rotatable bonds is 0. The maximum absolute atomic E-state index is 11.0. The van der Waals surface area contributed by atoms with Gasteiger partial charge in [0.15, 0.2) is 0 Å². The summed E-state index contributed by atoms with van der Waals surface area (Å²) >= 11 is 0. The zero-order valence-corrected chi connectivity index (χ0v) is 8.91. The average Bonchev–Trinajstić information content (AvgIpc) is 1.88. The van der Waals surface area contributed by atoms with Gasteiger partial charge in [-0.15, -0.1) is 0 Å². The summed E-state index contributed by atoms with van der Waals surface area (Å²) in [6, 6.07) is 0. The molecular formula is C9H20OS. The van der Waals surface area contributed by atoms with Crippen molar-refractivity contribution in [2.75, 3.05) is 11.5 Å². The number of hydrogen-bond acceptors (Lipinski definition) is 1. The third-order valence-electron chi connectivity index (χ3n) is 1.75. The first-order valence-electron chi connectivity index (χ1n) is 4.53. The molecule has 1 rings (SSSR count). The van der Waals surface area contributed by atoms with Crippen molar-refractivity contribution in [1.29, 1.82) is 0 Å². The standard InChI is InChI=1S/C7H14OS.C2H6/c1-6-3-7(2)5-9(8)4-6;1-2/h6-7H,3-5H2,1-2H3;1-2H3. The fourth-order valence-electron chi connectivity index (χ4n) is 1.53. The van der Waals surface area contributed by atoms with E-state index in [9.17, 15) is 4.21 Å². The van der Waals surface area contributed by atoms with Crippen molar-refractivity contribution >= 4 is 10.8 Å². The van der Waals surface area contributed by atoms with E-state index in [1.807, 2.05) is 13.8 Å². The molecule has 0 aromatic rings. The van der Waals surface area contributed by atoms with E-state index in [1.165, 1.54) is 6.42 Å². The second-order valence-corrected chi connectivity index (χ2v) is 4.77. The molecule has 0 spiro atoms. The third kappa shape index (κ3) is 4.57. The summed E-state index contributed by atoms with van der Waals surface area (Å²) in [5, 5.41) is 0. The van der Waals surface area contributed by atoms with Crippen molar-refractivity contribution in [2.45, 2.75) is 34.1 Å². The molecule has 1 fully saturated rings. The maximum atomic E-state index is 11.0. The van der Waals surface area contributed by atoms with Gasteiger partial charge in [0, 0.05) is 22.3 Å². The van der Waals surface area contributed by atoms with Crippen LogP contribution >= 0.6 is 0 Å². The van der Waals surface area contributed by atoms with Gasteiger partial charge in [-0.1, -0.05) is 27.7 Å². The Morgan fingerprint density at radius 2 is 1.45 bits per heavy atom. The Morgan fingerprint density at radius 1 is 1.09 bits per heavy atom. The summed E-state index contributed by atoms with van der Waals surface area (Å²) in [5.41, 5.74) is 0. The highest BCUT2D eigenvalue weighted by atomic mass is 32.2. The predicted octanol–water partition coefficient (Wildman–Crippen LogP) is 2.44. The normalized spacial score (nSPS) is 37.3. The number of hydrogen-bond donors (Lipinski definition) is 0. The Bertz CT molecular complexity index is 111. The maximum Gasteiger partial charge on any atom is 0.0260 e. The molecule has 1 heterocycles.